The molecular weight excluding hydrogens is 190 g/mol. The van der Waals surface area contributed by atoms with Gasteiger partial charge in [-0.15, -0.1) is 0 Å². The lowest BCUT2D eigenvalue weighted by molar-refractivity contribution is -0.0103. The normalized spacial score (nSPS) is 20.8. The topological polar surface area (TPSA) is 30.5 Å². The van der Waals surface area contributed by atoms with E-state index in [9.17, 15) is 0 Å². The third-order valence-electron chi connectivity index (χ3n) is 3.67. The lowest BCUT2D eigenvalue weighted by Crippen LogP contribution is -2.43. The van der Waals surface area contributed by atoms with Crippen molar-refractivity contribution >= 4 is 0 Å². The number of rotatable bonds is 6. The lowest BCUT2D eigenvalue weighted by atomic mass is 9.71. The summed E-state index contributed by atoms with van der Waals surface area (Å²) < 4.78 is 10.5. The van der Waals surface area contributed by atoms with Crippen LogP contribution in [0.15, 0.2) is 0 Å². The third kappa shape index (κ3) is 3.74. The van der Waals surface area contributed by atoms with E-state index in [1.54, 1.807) is 7.11 Å². The van der Waals surface area contributed by atoms with E-state index < -0.39 is 0 Å². The molecule has 90 valence electrons. The highest BCUT2D eigenvalue weighted by Gasteiger charge is 2.35. The van der Waals surface area contributed by atoms with E-state index >= 15 is 0 Å². The lowest BCUT2D eigenvalue weighted by Gasteiger charge is -2.41. The molecule has 0 unspecified atom stereocenters. The van der Waals surface area contributed by atoms with Crippen LogP contribution in [-0.2, 0) is 9.47 Å². The van der Waals surface area contributed by atoms with Gasteiger partial charge in [0.1, 0.15) is 0 Å². The van der Waals surface area contributed by atoms with Gasteiger partial charge in [-0.2, -0.15) is 0 Å². The summed E-state index contributed by atoms with van der Waals surface area (Å²) in [5, 5.41) is 3.50. The summed E-state index contributed by atoms with van der Waals surface area (Å²) in [6, 6.07) is 0. The Morgan fingerprint density at radius 2 is 2.00 bits per heavy atom. The van der Waals surface area contributed by atoms with Crippen molar-refractivity contribution in [1.82, 2.24) is 5.32 Å². The van der Waals surface area contributed by atoms with Gasteiger partial charge in [-0.1, -0.05) is 13.8 Å². The van der Waals surface area contributed by atoms with Crippen LogP contribution in [0.2, 0.25) is 0 Å². The number of ether oxygens (including phenoxy) is 2. The van der Waals surface area contributed by atoms with Crippen molar-refractivity contribution in [3.63, 3.8) is 0 Å². The van der Waals surface area contributed by atoms with Crippen LogP contribution in [0.3, 0.4) is 0 Å². The standard InChI is InChI=1S/C12H25NO2/c1-11(2)12(4-7-15-8-5-12)10-13-6-9-14-3/h11,13H,4-10H2,1-3H3. The molecule has 0 spiro atoms. The van der Waals surface area contributed by atoms with E-state index in [0.29, 0.717) is 5.41 Å². The predicted octanol–water partition coefficient (Wildman–Crippen LogP) is 1.68. The Bertz CT molecular complexity index is 165. The van der Waals surface area contributed by atoms with Crippen LogP contribution in [0.5, 0.6) is 0 Å². The molecule has 15 heavy (non-hydrogen) atoms. The second-order valence-electron chi connectivity index (χ2n) is 4.80. The highest BCUT2D eigenvalue weighted by atomic mass is 16.5. The van der Waals surface area contributed by atoms with Crippen LogP contribution < -0.4 is 5.32 Å². The van der Waals surface area contributed by atoms with Crippen molar-refractivity contribution in [1.29, 1.82) is 0 Å². The van der Waals surface area contributed by atoms with Gasteiger partial charge in [0.2, 0.25) is 0 Å². The summed E-state index contributed by atoms with van der Waals surface area (Å²) in [4.78, 5) is 0. The third-order valence-corrected chi connectivity index (χ3v) is 3.67. The fourth-order valence-corrected chi connectivity index (χ4v) is 2.25. The minimum absolute atomic E-state index is 0.436. The van der Waals surface area contributed by atoms with Crippen molar-refractivity contribution in [2.45, 2.75) is 26.7 Å². The highest BCUT2D eigenvalue weighted by molar-refractivity contribution is 4.86. The first kappa shape index (κ1) is 12.9. The van der Waals surface area contributed by atoms with Crippen LogP contribution in [0.1, 0.15) is 26.7 Å². The van der Waals surface area contributed by atoms with Crippen molar-refractivity contribution < 1.29 is 9.47 Å². The molecule has 1 saturated heterocycles. The highest BCUT2D eigenvalue weighted by Crippen LogP contribution is 2.37. The Kier molecular flexibility index (Phi) is 5.58. The number of nitrogens with one attached hydrogen (secondary N) is 1. The molecule has 1 aliphatic heterocycles. The van der Waals surface area contributed by atoms with Gasteiger partial charge in [0.25, 0.3) is 0 Å². The average molecular weight is 215 g/mol. The summed E-state index contributed by atoms with van der Waals surface area (Å²) in [5.41, 5.74) is 0.436. The largest absolute Gasteiger partial charge is 0.383 e. The van der Waals surface area contributed by atoms with Crippen LogP contribution in [-0.4, -0.2) is 40.0 Å². The monoisotopic (exact) mass is 215 g/mol. The SMILES string of the molecule is COCCNCC1(C(C)C)CCOCC1. The molecule has 3 heteroatoms. The van der Waals surface area contributed by atoms with E-state index in [2.05, 4.69) is 19.2 Å². The number of hydrogen-bond acceptors (Lipinski definition) is 3. The van der Waals surface area contributed by atoms with Gasteiger partial charge in [0.15, 0.2) is 0 Å². The maximum atomic E-state index is 5.45. The molecule has 1 aliphatic rings. The number of methoxy groups -OCH3 is 1. The van der Waals surface area contributed by atoms with Gasteiger partial charge in [0, 0.05) is 33.4 Å². The van der Waals surface area contributed by atoms with E-state index in [1.165, 1.54) is 12.8 Å². The first-order valence-electron chi connectivity index (χ1n) is 5.99. The Morgan fingerprint density at radius 1 is 1.33 bits per heavy atom. The van der Waals surface area contributed by atoms with Gasteiger partial charge >= 0.3 is 0 Å². The Labute approximate surface area is 93.5 Å². The first-order chi connectivity index (χ1) is 7.21. The molecule has 0 aromatic rings. The Morgan fingerprint density at radius 3 is 2.53 bits per heavy atom. The molecule has 1 rings (SSSR count). The maximum absolute atomic E-state index is 5.45. The van der Waals surface area contributed by atoms with Gasteiger partial charge in [0.05, 0.1) is 6.61 Å². The molecule has 0 saturated carbocycles. The van der Waals surface area contributed by atoms with Crippen molar-refractivity contribution in [2.75, 3.05) is 40.0 Å². The molecule has 3 nitrogen and oxygen atoms in total. The minimum Gasteiger partial charge on any atom is -0.383 e. The van der Waals surface area contributed by atoms with Crippen molar-refractivity contribution in [2.24, 2.45) is 11.3 Å². The van der Waals surface area contributed by atoms with Gasteiger partial charge < -0.3 is 14.8 Å². The van der Waals surface area contributed by atoms with E-state index in [4.69, 9.17) is 9.47 Å². The summed E-state index contributed by atoms with van der Waals surface area (Å²) in [7, 11) is 1.74. The Balaban J connectivity index is 2.35. The molecular formula is C12H25NO2. The fourth-order valence-electron chi connectivity index (χ4n) is 2.25. The molecule has 1 heterocycles. The van der Waals surface area contributed by atoms with Gasteiger partial charge in [-0.25, -0.2) is 0 Å². The molecule has 0 amide bonds. The molecule has 0 radical (unpaired) electrons. The average Bonchev–Trinajstić information content (AvgIpc) is 2.26. The van der Waals surface area contributed by atoms with E-state index in [1.807, 2.05) is 0 Å². The van der Waals surface area contributed by atoms with Gasteiger partial charge in [-0.3, -0.25) is 0 Å². The predicted molar refractivity (Wildman–Crippen MR) is 62.1 cm³/mol. The molecule has 0 aromatic heterocycles. The van der Waals surface area contributed by atoms with Crippen molar-refractivity contribution in [3.8, 4) is 0 Å². The molecule has 0 aromatic carbocycles. The maximum Gasteiger partial charge on any atom is 0.0587 e. The second-order valence-corrected chi connectivity index (χ2v) is 4.80. The van der Waals surface area contributed by atoms with E-state index in [0.717, 1.165) is 38.8 Å². The molecule has 1 fully saturated rings. The summed E-state index contributed by atoms with van der Waals surface area (Å²) in [6.07, 6.45) is 2.37. The van der Waals surface area contributed by atoms with Crippen LogP contribution in [0.4, 0.5) is 0 Å². The fraction of sp³-hybridized carbons (Fsp3) is 1.00. The van der Waals surface area contributed by atoms with Crippen LogP contribution in [0.25, 0.3) is 0 Å². The molecule has 0 atom stereocenters. The quantitative estimate of drug-likeness (QED) is 0.684. The van der Waals surface area contributed by atoms with Crippen LogP contribution >= 0.6 is 0 Å². The zero-order valence-electron chi connectivity index (χ0n) is 10.3. The second kappa shape index (κ2) is 6.46. The van der Waals surface area contributed by atoms with Crippen LogP contribution in [0, 0.1) is 11.3 Å². The molecule has 1 N–H and O–H groups in total. The van der Waals surface area contributed by atoms with Gasteiger partial charge in [-0.05, 0) is 24.2 Å². The zero-order valence-corrected chi connectivity index (χ0v) is 10.3. The Hall–Kier alpha value is -0.120. The molecule has 0 aliphatic carbocycles. The molecule has 0 bridgehead atoms. The summed E-state index contributed by atoms with van der Waals surface area (Å²) >= 11 is 0. The minimum atomic E-state index is 0.436. The van der Waals surface area contributed by atoms with Crippen molar-refractivity contribution in [3.05, 3.63) is 0 Å². The first-order valence-corrected chi connectivity index (χ1v) is 5.99. The van der Waals surface area contributed by atoms with E-state index in [-0.39, 0.29) is 0 Å². The number of hydrogen-bond donors (Lipinski definition) is 1. The summed E-state index contributed by atoms with van der Waals surface area (Å²) in [5.74, 6) is 0.719. The zero-order chi connectivity index (χ0) is 11.1. The summed E-state index contributed by atoms with van der Waals surface area (Å²) in [6.45, 7) is 9.33. The smallest absolute Gasteiger partial charge is 0.0587 e.